The van der Waals surface area contributed by atoms with Gasteiger partial charge in [-0.05, 0) is 30.5 Å². The Morgan fingerprint density at radius 2 is 2.00 bits per heavy atom. The second-order valence-corrected chi connectivity index (χ2v) is 5.64. The van der Waals surface area contributed by atoms with E-state index in [1.807, 2.05) is 19.1 Å². The fourth-order valence-electron chi connectivity index (χ4n) is 2.92. The van der Waals surface area contributed by atoms with Crippen molar-refractivity contribution in [2.45, 2.75) is 31.6 Å². The minimum absolute atomic E-state index is 0.0319. The molecule has 19 heavy (non-hydrogen) atoms. The molecule has 3 nitrogen and oxygen atoms in total. The number of Topliss-reactive ketones (excluding diaryl/α,β-unsaturated/α-hetero) is 1. The van der Waals surface area contributed by atoms with Crippen LogP contribution in [0.4, 0.5) is 0 Å². The largest absolute Gasteiger partial charge is 0.468 e. The minimum atomic E-state index is -0.715. The minimum Gasteiger partial charge on any atom is -0.468 e. The Morgan fingerprint density at radius 3 is 2.58 bits per heavy atom. The number of esters is 1. The lowest BCUT2D eigenvalue weighted by Gasteiger charge is -2.39. The number of carbonyl (C=O) groups excluding carboxylic acids is 2. The standard InChI is InChI=1S/C15H17ClO3/c1-15(10-5-7-11(16)8-6-10)9-3-4-12(17)13(15)14(18)19-2/h5-8,13H,3-4,9H2,1-2H3. The lowest BCUT2D eigenvalue weighted by Crippen LogP contribution is -2.46. The van der Waals surface area contributed by atoms with Gasteiger partial charge >= 0.3 is 5.97 Å². The quantitative estimate of drug-likeness (QED) is 0.617. The number of hydrogen-bond donors (Lipinski definition) is 0. The normalized spacial score (nSPS) is 27.1. The number of benzene rings is 1. The van der Waals surface area contributed by atoms with Gasteiger partial charge in [-0.15, -0.1) is 0 Å². The van der Waals surface area contributed by atoms with E-state index in [0.717, 1.165) is 18.4 Å². The number of rotatable bonds is 2. The predicted octanol–water partition coefficient (Wildman–Crippen LogP) is 3.14. The van der Waals surface area contributed by atoms with Crippen LogP contribution in [0.25, 0.3) is 0 Å². The molecule has 1 fully saturated rings. The molecular formula is C15H17ClO3. The Bertz CT molecular complexity index is 487. The number of ketones is 1. The van der Waals surface area contributed by atoms with Crippen molar-refractivity contribution in [2.75, 3.05) is 7.11 Å². The van der Waals surface area contributed by atoms with Crippen molar-refractivity contribution in [3.8, 4) is 0 Å². The van der Waals surface area contributed by atoms with Gasteiger partial charge in [0, 0.05) is 16.9 Å². The van der Waals surface area contributed by atoms with Gasteiger partial charge in [-0.2, -0.15) is 0 Å². The first-order chi connectivity index (χ1) is 8.99. The molecule has 0 bridgehead atoms. The van der Waals surface area contributed by atoms with Crippen LogP contribution in [-0.4, -0.2) is 18.9 Å². The van der Waals surface area contributed by atoms with Gasteiger partial charge in [0.1, 0.15) is 11.7 Å². The summed E-state index contributed by atoms with van der Waals surface area (Å²) in [5.41, 5.74) is 0.452. The van der Waals surface area contributed by atoms with Crippen molar-refractivity contribution in [3.63, 3.8) is 0 Å². The highest BCUT2D eigenvalue weighted by Crippen LogP contribution is 2.42. The summed E-state index contributed by atoms with van der Waals surface area (Å²) in [4.78, 5) is 24.1. The van der Waals surface area contributed by atoms with Crippen molar-refractivity contribution in [2.24, 2.45) is 5.92 Å². The maximum atomic E-state index is 12.1. The first-order valence-electron chi connectivity index (χ1n) is 6.35. The summed E-state index contributed by atoms with van der Waals surface area (Å²) >= 11 is 5.89. The summed E-state index contributed by atoms with van der Waals surface area (Å²) in [6.07, 6.45) is 2.04. The van der Waals surface area contributed by atoms with Crippen LogP contribution in [0.15, 0.2) is 24.3 Å². The van der Waals surface area contributed by atoms with E-state index >= 15 is 0 Å². The molecule has 0 aromatic heterocycles. The van der Waals surface area contributed by atoms with Crippen LogP contribution in [0.1, 0.15) is 31.7 Å². The predicted molar refractivity (Wildman–Crippen MR) is 73.2 cm³/mol. The molecule has 2 rings (SSSR count). The summed E-state index contributed by atoms with van der Waals surface area (Å²) in [6, 6.07) is 7.35. The molecule has 0 spiro atoms. The van der Waals surface area contributed by atoms with Gasteiger partial charge in [-0.3, -0.25) is 9.59 Å². The van der Waals surface area contributed by atoms with Gasteiger partial charge in [-0.25, -0.2) is 0 Å². The van der Waals surface area contributed by atoms with Gasteiger partial charge < -0.3 is 4.74 Å². The van der Waals surface area contributed by atoms with Crippen LogP contribution in [0, 0.1) is 5.92 Å². The molecule has 0 N–H and O–H groups in total. The third-order valence-electron chi connectivity index (χ3n) is 4.02. The molecule has 4 heteroatoms. The highest BCUT2D eigenvalue weighted by Gasteiger charge is 2.47. The molecule has 1 aliphatic carbocycles. The van der Waals surface area contributed by atoms with Crippen molar-refractivity contribution in [1.29, 1.82) is 0 Å². The molecule has 1 aromatic carbocycles. The topological polar surface area (TPSA) is 43.4 Å². The molecule has 0 aliphatic heterocycles. The van der Waals surface area contributed by atoms with Gasteiger partial charge in [0.2, 0.25) is 0 Å². The zero-order valence-electron chi connectivity index (χ0n) is 11.1. The monoisotopic (exact) mass is 280 g/mol. The summed E-state index contributed by atoms with van der Waals surface area (Å²) < 4.78 is 4.81. The molecule has 0 amide bonds. The molecular weight excluding hydrogens is 264 g/mol. The fraction of sp³-hybridized carbons (Fsp3) is 0.467. The molecule has 1 saturated carbocycles. The Hall–Kier alpha value is -1.35. The maximum Gasteiger partial charge on any atom is 0.317 e. The van der Waals surface area contributed by atoms with Crippen molar-refractivity contribution in [1.82, 2.24) is 0 Å². The van der Waals surface area contributed by atoms with Crippen LogP contribution in [0.5, 0.6) is 0 Å². The third kappa shape index (κ3) is 2.52. The van der Waals surface area contributed by atoms with E-state index in [2.05, 4.69) is 0 Å². The number of methoxy groups -OCH3 is 1. The van der Waals surface area contributed by atoms with Gasteiger partial charge in [-0.1, -0.05) is 30.7 Å². The second kappa shape index (κ2) is 5.33. The second-order valence-electron chi connectivity index (χ2n) is 5.20. The molecule has 0 radical (unpaired) electrons. The Kier molecular flexibility index (Phi) is 3.95. The summed E-state index contributed by atoms with van der Waals surface area (Å²) in [7, 11) is 1.33. The van der Waals surface area contributed by atoms with Crippen LogP contribution in [0.2, 0.25) is 5.02 Å². The number of halogens is 1. The smallest absolute Gasteiger partial charge is 0.317 e. The third-order valence-corrected chi connectivity index (χ3v) is 4.27. The SMILES string of the molecule is COC(=O)C1C(=O)CCCC1(C)c1ccc(Cl)cc1. The number of hydrogen-bond acceptors (Lipinski definition) is 3. The van der Waals surface area contributed by atoms with E-state index in [1.54, 1.807) is 12.1 Å². The number of carbonyl (C=O) groups is 2. The number of ether oxygens (including phenoxy) is 1. The van der Waals surface area contributed by atoms with Crippen molar-refractivity contribution >= 4 is 23.4 Å². The highest BCUT2D eigenvalue weighted by atomic mass is 35.5. The van der Waals surface area contributed by atoms with E-state index in [4.69, 9.17) is 16.3 Å². The lowest BCUT2D eigenvalue weighted by atomic mass is 9.63. The van der Waals surface area contributed by atoms with Gasteiger partial charge in [0.25, 0.3) is 0 Å². The zero-order chi connectivity index (χ0) is 14.0. The maximum absolute atomic E-state index is 12.1. The molecule has 0 saturated heterocycles. The van der Waals surface area contributed by atoms with Crippen molar-refractivity contribution in [3.05, 3.63) is 34.9 Å². The average molecular weight is 281 g/mol. The molecule has 2 atom stereocenters. The molecule has 1 aliphatic rings. The van der Waals surface area contributed by atoms with E-state index < -0.39 is 17.3 Å². The Labute approximate surface area is 117 Å². The summed E-state index contributed by atoms with van der Waals surface area (Å²) in [5.74, 6) is -1.19. The lowest BCUT2D eigenvalue weighted by molar-refractivity contribution is -0.154. The first-order valence-corrected chi connectivity index (χ1v) is 6.73. The fourth-order valence-corrected chi connectivity index (χ4v) is 3.05. The van der Waals surface area contributed by atoms with Crippen LogP contribution in [0.3, 0.4) is 0 Å². The van der Waals surface area contributed by atoms with Crippen molar-refractivity contribution < 1.29 is 14.3 Å². The van der Waals surface area contributed by atoms with E-state index in [-0.39, 0.29) is 5.78 Å². The van der Waals surface area contributed by atoms with Crippen LogP contribution >= 0.6 is 11.6 Å². The zero-order valence-corrected chi connectivity index (χ0v) is 11.9. The average Bonchev–Trinajstić information content (AvgIpc) is 2.38. The van der Waals surface area contributed by atoms with E-state index in [9.17, 15) is 9.59 Å². The van der Waals surface area contributed by atoms with E-state index in [1.165, 1.54) is 7.11 Å². The van der Waals surface area contributed by atoms with E-state index in [0.29, 0.717) is 11.4 Å². The Balaban J connectivity index is 2.44. The first kappa shape index (κ1) is 14.1. The highest BCUT2D eigenvalue weighted by molar-refractivity contribution is 6.30. The molecule has 0 heterocycles. The molecule has 2 unspecified atom stereocenters. The summed E-state index contributed by atoms with van der Waals surface area (Å²) in [5, 5.41) is 0.643. The van der Waals surface area contributed by atoms with Crippen LogP contribution < -0.4 is 0 Å². The van der Waals surface area contributed by atoms with Gasteiger partial charge in [0.15, 0.2) is 0 Å². The molecule has 1 aromatic rings. The Morgan fingerprint density at radius 1 is 1.37 bits per heavy atom. The molecule has 102 valence electrons. The summed E-state index contributed by atoms with van der Waals surface area (Å²) in [6.45, 7) is 1.95. The van der Waals surface area contributed by atoms with Gasteiger partial charge in [0.05, 0.1) is 7.11 Å². The van der Waals surface area contributed by atoms with Crippen LogP contribution in [-0.2, 0) is 19.7 Å².